The van der Waals surface area contributed by atoms with Crippen LogP contribution in [-0.2, 0) is 16.1 Å². The van der Waals surface area contributed by atoms with Crippen molar-refractivity contribution in [3.63, 3.8) is 0 Å². The Morgan fingerprint density at radius 2 is 1.77 bits per heavy atom. The van der Waals surface area contributed by atoms with Gasteiger partial charge < -0.3 is 14.5 Å². The van der Waals surface area contributed by atoms with Crippen LogP contribution in [0.15, 0.2) is 54.7 Å². The molecule has 1 saturated heterocycles. The summed E-state index contributed by atoms with van der Waals surface area (Å²) in [5.41, 5.74) is 1.44. The highest BCUT2D eigenvalue weighted by atomic mass is 16.5. The minimum Gasteiger partial charge on any atom is -0.370 e. The zero-order chi connectivity index (χ0) is 20.8. The monoisotopic (exact) mass is 407 g/mol. The summed E-state index contributed by atoms with van der Waals surface area (Å²) in [6.45, 7) is 1.46. The van der Waals surface area contributed by atoms with E-state index in [1.807, 2.05) is 35.2 Å². The molecular formula is C24H29N3O3. The van der Waals surface area contributed by atoms with Gasteiger partial charge in [0, 0.05) is 25.3 Å². The third-order valence-electron chi connectivity index (χ3n) is 5.99. The lowest BCUT2D eigenvalue weighted by Crippen LogP contribution is -2.46. The summed E-state index contributed by atoms with van der Waals surface area (Å²) in [6.07, 6.45) is 6.98. The quantitative estimate of drug-likeness (QED) is 0.763. The van der Waals surface area contributed by atoms with Crippen LogP contribution in [0.3, 0.4) is 0 Å². The van der Waals surface area contributed by atoms with Gasteiger partial charge in [0.05, 0.1) is 12.7 Å². The summed E-state index contributed by atoms with van der Waals surface area (Å²) in [7, 11) is 0. The minimum absolute atomic E-state index is 0.0111. The standard InChI is InChI=1S/C24H29N3O3/c28-23-17-26(24(29)22-13-7-8-14-25-22)15-21(30-18-19-9-3-1-4-10-19)16-27(23)20-11-5-2-6-12-20/h1,3-4,7-10,13-14,20-21H,2,5-6,11-12,15-18H2/t21-/m0/s1. The predicted molar refractivity (Wildman–Crippen MR) is 114 cm³/mol. The smallest absolute Gasteiger partial charge is 0.273 e. The number of pyridine rings is 1. The average Bonchev–Trinajstić information content (AvgIpc) is 2.98. The van der Waals surface area contributed by atoms with Crippen LogP contribution in [0.5, 0.6) is 0 Å². The van der Waals surface area contributed by atoms with E-state index in [0.717, 1.165) is 31.2 Å². The first kappa shape index (κ1) is 20.5. The maximum Gasteiger partial charge on any atom is 0.273 e. The Morgan fingerprint density at radius 1 is 1.00 bits per heavy atom. The lowest BCUT2D eigenvalue weighted by Gasteiger charge is -2.34. The zero-order valence-corrected chi connectivity index (χ0v) is 17.3. The molecule has 0 radical (unpaired) electrons. The SMILES string of the molecule is O=C(c1ccccn1)N1CC(=O)N(C2CCCCC2)C[C@@H](OCc2ccccc2)C1. The second kappa shape index (κ2) is 9.85. The summed E-state index contributed by atoms with van der Waals surface area (Å²) in [5, 5.41) is 0. The number of amides is 2. The molecule has 2 aromatic rings. The lowest BCUT2D eigenvalue weighted by molar-refractivity contribution is -0.134. The van der Waals surface area contributed by atoms with Gasteiger partial charge in [-0.2, -0.15) is 0 Å². The van der Waals surface area contributed by atoms with Crippen LogP contribution in [0.4, 0.5) is 0 Å². The van der Waals surface area contributed by atoms with Crippen molar-refractivity contribution in [1.29, 1.82) is 0 Å². The van der Waals surface area contributed by atoms with Crippen molar-refractivity contribution in [1.82, 2.24) is 14.8 Å². The van der Waals surface area contributed by atoms with Gasteiger partial charge >= 0.3 is 0 Å². The van der Waals surface area contributed by atoms with E-state index in [4.69, 9.17) is 4.74 Å². The van der Waals surface area contributed by atoms with E-state index in [-0.39, 0.29) is 30.5 Å². The summed E-state index contributed by atoms with van der Waals surface area (Å²) in [5.74, 6) is -0.209. The zero-order valence-electron chi connectivity index (χ0n) is 17.3. The summed E-state index contributed by atoms with van der Waals surface area (Å²) >= 11 is 0. The molecule has 30 heavy (non-hydrogen) atoms. The van der Waals surface area contributed by atoms with Crippen LogP contribution >= 0.6 is 0 Å². The van der Waals surface area contributed by atoms with Crippen molar-refractivity contribution in [2.75, 3.05) is 19.6 Å². The molecule has 0 unspecified atom stereocenters. The van der Waals surface area contributed by atoms with Gasteiger partial charge in [0.2, 0.25) is 5.91 Å². The van der Waals surface area contributed by atoms with Crippen LogP contribution in [0.25, 0.3) is 0 Å². The fourth-order valence-corrected chi connectivity index (χ4v) is 4.39. The van der Waals surface area contributed by atoms with Crippen molar-refractivity contribution < 1.29 is 14.3 Å². The molecule has 4 rings (SSSR count). The number of benzene rings is 1. The number of carbonyl (C=O) groups excluding carboxylic acids is 2. The van der Waals surface area contributed by atoms with E-state index in [2.05, 4.69) is 4.98 Å². The molecule has 1 aliphatic carbocycles. The highest BCUT2D eigenvalue weighted by Crippen LogP contribution is 2.25. The fraction of sp³-hybridized carbons (Fsp3) is 0.458. The molecule has 2 fully saturated rings. The van der Waals surface area contributed by atoms with E-state index in [0.29, 0.717) is 25.4 Å². The van der Waals surface area contributed by atoms with E-state index in [1.54, 1.807) is 29.3 Å². The number of rotatable bonds is 5. The summed E-state index contributed by atoms with van der Waals surface area (Å²) in [6, 6.07) is 15.5. The number of hydrogen-bond donors (Lipinski definition) is 0. The van der Waals surface area contributed by atoms with Crippen LogP contribution in [0, 0.1) is 0 Å². The molecule has 158 valence electrons. The molecule has 1 aromatic heterocycles. The minimum atomic E-state index is -0.230. The Bertz CT molecular complexity index is 837. The van der Waals surface area contributed by atoms with Crippen LogP contribution in [0.2, 0.25) is 0 Å². The van der Waals surface area contributed by atoms with Gasteiger partial charge in [-0.1, -0.05) is 55.7 Å². The molecule has 6 heteroatoms. The van der Waals surface area contributed by atoms with Gasteiger partial charge in [-0.15, -0.1) is 0 Å². The molecule has 1 aliphatic heterocycles. The summed E-state index contributed by atoms with van der Waals surface area (Å²) < 4.78 is 6.23. The van der Waals surface area contributed by atoms with Crippen LogP contribution in [0.1, 0.15) is 48.2 Å². The van der Waals surface area contributed by atoms with Gasteiger partial charge in [0.1, 0.15) is 12.2 Å². The van der Waals surface area contributed by atoms with E-state index >= 15 is 0 Å². The molecule has 1 saturated carbocycles. The van der Waals surface area contributed by atoms with Crippen LogP contribution in [-0.4, -0.2) is 58.4 Å². The molecule has 1 aromatic carbocycles. The first-order valence-corrected chi connectivity index (χ1v) is 10.9. The maximum absolute atomic E-state index is 13.1. The molecule has 2 aliphatic rings. The third kappa shape index (κ3) is 5.05. The summed E-state index contributed by atoms with van der Waals surface area (Å²) in [4.78, 5) is 33.9. The topological polar surface area (TPSA) is 62.7 Å². The van der Waals surface area contributed by atoms with Gasteiger partial charge in [0.15, 0.2) is 0 Å². The molecular weight excluding hydrogens is 378 g/mol. The average molecular weight is 408 g/mol. The number of ether oxygens (including phenoxy) is 1. The first-order valence-electron chi connectivity index (χ1n) is 10.9. The van der Waals surface area contributed by atoms with Crippen molar-refractivity contribution in [3.05, 3.63) is 66.0 Å². The molecule has 0 bridgehead atoms. The Labute approximate surface area is 177 Å². The van der Waals surface area contributed by atoms with Crippen molar-refractivity contribution in [3.8, 4) is 0 Å². The maximum atomic E-state index is 13.1. The van der Waals surface area contributed by atoms with Crippen molar-refractivity contribution in [2.45, 2.75) is 50.9 Å². The largest absolute Gasteiger partial charge is 0.370 e. The normalized spacial score (nSPS) is 20.8. The highest BCUT2D eigenvalue weighted by molar-refractivity contribution is 5.95. The Balaban J connectivity index is 1.52. The molecule has 6 nitrogen and oxygen atoms in total. The molecule has 2 heterocycles. The Morgan fingerprint density at radius 3 is 2.50 bits per heavy atom. The number of carbonyl (C=O) groups is 2. The second-order valence-electron chi connectivity index (χ2n) is 8.16. The molecule has 1 atom stereocenters. The van der Waals surface area contributed by atoms with E-state index < -0.39 is 0 Å². The third-order valence-corrected chi connectivity index (χ3v) is 5.99. The van der Waals surface area contributed by atoms with Crippen LogP contribution < -0.4 is 0 Å². The van der Waals surface area contributed by atoms with Crippen molar-refractivity contribution in [2.24, 2.45) is 0 Å². The molecule has 0 N–H and O–H groups in total. The Hall–Kier alpha value is -2.73. The molecule has 0 spiro atoms. The lowest BCUT2D eigenvalue weighted by atomic mass is 9.94. The van der Waals surface area contributed by atoms with Gasteiger partial charge in [0.25, 0.3) is 5.91 Å². The number of aromatic nitrogens is 1. The highest BCUT2D eigenvalue weighted by Gasteiger charge is 2.35. The number of hydrogen-bond acceptors (Lipinski definition) is 4. The number of nitrogens with zero attached hydrogens (tertiary/aromatic N) is 3. The molecule has 2 amide bonds. The van der Waals surface area contributed by atoms with Gasteiger partial charge in [-0.3, -0.25) is 14.6 Å². The second-order valence-corrected chi connectivity index (χ2v) is 8.16. The van der Waals surface area contributed by atoms with Gasteiger partial charge in [-0.25, -0.2) is 0 Å². The van der Waals surface area contributed by atoms with E-state index in [1.165, 1.54) is 6.42 Å². The van der Waals surface area contributed by atoms with E-state index in [9.17, 15) is 9.59 Å². The predicted octanol–water partition coefficient (Wildman–Crippen LogP) is 3.28. The Kier molecular flexibility index (Phi) is 6.74. The first-order chi connectivity index (χ1) is 14.7. The fourth-order valence-electron chi connectivity index (χ4n) is 4.39. The van der Waals surface area contributed by atoms with Crippen molar-refractivity contribution >= 4 is 11.8 Å². The van der Waals surface area contributed by atoms with Gasteiger partial charge in [-0.05, 0) is 30.5 Å².